The van der Waals surface area contributed by atoms with Crippen molar-refractivity contribution in [3.05, 3.63) is 28.5 Å². The zero-order valence-electron chi connectivity index (χ0n) is 11.3. The normalized spacial score (nSPS) is 16.7. The summed E-state index contributed by atoms with van der Waals surface area (Å²) in [6, 6.07) is 1.58. The fourth-order valence-electron chi connectivity index (χ4n) is 2.03. The van der Waals surface area contributed by atoms with Crippen molar-refractivity contribution in [1.82, 2.24) is 4.72 Å². The van der Waals surface area contributed by atoms with Crippen molar-refractivity contribution >= 4 is 27.6 Å². The van der Waals surface area contributed by atoms with Crippen LogP contribution in [-0.4, -0.2) is 26.0 Å². The molecule has 2 N–H and O–H groups in total. The van der Waals surface area contributed by atoms with Gasteiger partial charge >= 0.3 is 5.97 Å². The van der Waals surface area contributed by atoms with Gasteiger partial charge in [-0.2, -0.15) is 0 Å². The number of carboxylic acid groups (broad SMARTS) is 1. The highest BCUT2D eigenvalue weighted by Gasteiger charge is 2.29. The Bertz CT molecular complexity index is 673. The number of hydrogen-bond donors (Lipinski definition) is 2. The van der Waals surface area contributed by atoms with Gasteiger partial charge in [-0.1, -0.05) is 18.5 Å². The highest BCUT2D eigenvalue weighted by Crippen LogP contribution is 2.36. The van der Waals surface area contributed by atoms with Gasteiger partial charge in [0.05, 0.1) is 15.5 Å². The standard InChI is InChI=1S/C13H15ClFNO4S/c1-7(8-2-3-8)6-16-21(19,20)9-4-10(13(17)18)12(14)11(15)5-9/h4-5,7-8,16H,2-3,6H2,1H3,(H,17,18). The van der Waals surface area contributed by atoms with Gasteiger partial charge in [0.1, 0.15) is 5.82 Å². The Balaban J connectivity index is 2.24. The third-order valence-corrected chi connectivity index (χ3v) is 5.35. The molecule has 0 heterocycles. The highest BCUT2D eigenvalue weighted by atomic mass is 35.5. The van der Waals surface area contributed by atoms with Crippen LogP contribution in [0.3, 0.4) is 0 Å². The summed E-state index contributed by atoms with van der Waals surface area (Å²) in [6.07, 6.45) is 2.17. The molecule has 116 valence electrons. The van der Waals surface area contributed by atoms with Crippen molar-refractivity contribution in [2.75, 3.05) is 6.54 Å². The number of hydrogen-bond acceptors (Lipinski definition) is 3. The summed E-state index contributed by atoms with van der Waals surface area (Å²) < 4.78 is 40.2. The minimum atomic E-state index is -3.97. The maximum absolute atomic E-state index is 13.6. The van der Waals surface area contributed by atoms with Gasteiger partial charge in [0.2, 0.25) is 10.0 Å². The lowest BCUT2D eigenvalue weighted by Crippen LogP contribution is -2.29. The molecule has 8 heteroatoms. The van der Waals surface area contributed by atoms with E-state index in [0.717, 1.165) is 25.0 Å². The van der Waals surface area contributed by atoms with Crippen molar-refractivity contribution in [3.63, 3.8) is 0 Å². The summed E-state index contributed by atoms with van der Waals surface area (Å²) in [6.45, 7) is 2.17. The van der Waals surface area contributed by atoms with Crippen LogP contribution in [0.4, 0.5) is 4.39 Å². The molecule has 0 aliphatic heterocycles. The van der Waals surface area contributed by atoms with Gasteiger partial charge in [-0.3, -0.25) is 0 Å². The lowest BCUT2D eigenvalue weighted by Gasteiger charge is -2.13. The average molecular weight is 336 g/mol. The zero-order chi connectivity index (χ0) is 15.8. The third-order valence-electron chi connectivity index (χ3n) is 3.56. The van der Waals surface area contributed by atoms with E-state index in [1.54, 1.807) is 0 Å². The lowest BCUT2D eigenvalue weighted by molar-refractivity contribution is 0.0696. The molecule has 1 aromatic rings. The molecule has 21 heavy (non-hydrogen) atoms. The Kier molecular flexibility index (Phi) is 4.55. The number of carbonyl (C=O) groups is 1. The number of halogens is 2. The van der Waals surface area contributed by atoms with Crippen LogP contribution in [0.25, 0.3) is 0 Å². The van der Waals surface area contributed by atoms with Crippen LogP contribution in [0, 0.1) is 17.7 Å². The van der Waals surface area contributed by atoms with E-state index in [1.165, 1.54) is 0 Å². The Morgan fingerprint density at radius 2 is 2.14 bits per heavy atom. The molecule has 1 aromatic carbocycles. The molecule has 1 aliphatic rings. The van der Waals surface area contributed by atoms with Crippen LogP contribution >= 0.6 is 11.6 Å². The summed E-state index contributed by atoms with van der Waals surface area (Å²) in [7, 11) is -3.97. The van der Waals surface area contributed by atoms with Gasteiger partial charge < -0.3 is 5.11 Å². The number of nitrogens with one attached hydrogen (secondary N) is 1. The minimum Gasteiger partial charge on any atom is -0.478 e. The Hall–Kier alpha value is -1.18. The predicted molar refractivity (Wildman–Crippen MR) is 75.4 cm³/mol. The van der Waals surface area contributed by atoms with E-state index in [-0.39, 0.29) is 12.5 Å². The van der Waals surface area contributed by atoms with Gasteiger partial charge in [0.25, 0.3) is 0 Å². The molecule has 0 bridgehead atoms. The minimum absolute atomic E-state index is 0.191. The third kappa shape index (κ3) is 3.72. The van der Waals surface area contributed by atoms with E-state index in [1.807, 2.05) is 6.92 Å². The molecule has 0 radical (unpaired) electrons. The van der Waals surface area contributed by atoms with Gasteiger partial charge in [-0.25, -0.2) is 22.3 Å². The summed E-state index contributed by atoms with van der Waals surface area (Å²) in [5.74, 6) is -1.85. The molecule has 1 unspecified atom stereocenters. The smallest absolute Gasteiger partial charge is 0.337 e. The monoisotopic (exact) mass is 335 g/mol. The summed E-state index contributed by atoms with van der Waals surface area (Å²) in [5, 5.41) is 8.31. The molecule has 0 spiro atoms. The molecule has 1 aliphatic carbocycles. The van der Waals surface area contributed by atoms with Crippen molar-refractivity contribution in [3.8, 4) is 0 Å². The van der Waals surface area contributed by atoms with E-state index in [2.05, 4.69) is 4.72 Å². The summed E-state index contributed by atoms with van der Waals surface area (Å²) >= 11 is 5.52. The first kappa shape index (κ1) is 16.2. The molecule has 1 atom stereocenters. The highest BCUT2D eigenvalue weighted by molar-refractivity contribution is 7.89. The van der Waals surface area contributed by atoms with Crippen molar-refractivity contribution in [2.24, 2.45) is 11.8 Å². The molecule has 0 saturated heterocycles. The number of aromatic carboxylic acids is 1. The van der Waals surface area contributed by atoms with Gasteiger partial charge in [0, 0.05) is 6.54 Å². The number of benzene rings is 1. The zero-order valence-corrected chi connectivity index (χ0v) is 12.8. The molecule has 0 aromatic heterocycles. The van der Waals surface area contributed by atoms with Crippen LogP contribution in [0.1, 0.15) is 30.1 Å². The van der Waals surface area contributed by atoms with Gasteiger partial charge in [0.15, 0.2) is 0 Å². The van der Waals surface area contributed by atoms with Crippen LogP contribution < -0.4 is 4.72 Å². The van der Waals surface area contributed by atoms with Crippen molar-refractivity contribution in [1.29, 1.82) is 0 Å². The lowest BCUT2D eigenvalue weighted by atomic mass is 10.1. The summed E-state index contributed by atoms with van der Waals surface area (Å²) in [5.41, 5.74) is -0.577. The topological polar surface area (TPSA) is 83.5 Å². The van der Waals surface area contributed by atoms with Gasteiger partial charge in [-0.15, -0.1) is 0 Å². The Morgan fingerprint density at radius 1 is 1.52 bits per heavy atom. The van der Waals surface area contributed by atoms with Crippen molar-refractivity contribution < 1.29 is 22.7 Å². The molecule has 5 nitrogen and oxygen atoms in total. The van der Waals surface area contributed by atoms with Crippen LogP contribution in [0.5, 0.6) is 0 Å². The van der Waals surface area contributed by atoms with Crippen LogP contribution in [0.15, 0.2) is 17.0 Å². The van der Waals surface area contributed by atoms with Crippen molar-refractivity contribution in [2.45, 2.75) is 24.7 Å². The first-order valence-corrected chi connectivity index (χ1v) is 8.30. The van der Waals surface area contributed by atoms with Crippen LogP contribution in [-0.2, 0) is 10.0 Å². The fourth-order valence-corrected chi connectivity index (χ4v) is 3.40. The van der Waals surface area contributed by atoms with E-state index >= 15 is 0 Å². The molecular weight excluding hydrogens is 321 g/mol. The first-order valence-electron chi connectivity index (χ1n) is 6.44. The quantitative estimate of drug-likeness (QED) is 0.836. The molecule has 0 amide bonds. The fraction of sp³-hybridized carbons (Fsp3) is 0.462. The number of sulfonamides is 1. The second kappa shape index (κ2) is 5.90. The van der Waals surface area contributed by atoms with E-state index < -0.39 is 37.3 Å². The average Bonchev–Trinajstić information content (AvgIpc) is 3.23. The second-order valence-corrected chi connectivity index (χ2v) is 7.38. The first-order chi connectivity index (χ1) is 9.72. The molecule has 1 fully saturated rings. The number of rotatable bonds is 6. The maximum atomic E-state index is 13.6. The Morgan fingerprint density at radius 3 is 2.67 bits per heavy atom. The number of carboxylic acids is 1. The summed E-state index contributed by atoms with van der Waals surface area (Å²) in [4.78, 5) is 10.5. The second-order valence-electron chi connectivity index (χ2n) is 5.24. The predicted octanol–water partition coefficient (Wildman–Crippen LogP) is 2.50. The van der Waals surface area contributed by atoms with E-state index in [0.29, 0.717) is 5.92 Å². The largest absolute Gasteiger partial charge is 0.478 e. The molecule has 1 saturated carbocycles. The molecule has 2 rings (SSSR count). The van der Waals surface area contributed by atoms with E-state index in [9.17, 15) is 17.6 Å². The van der Waals surface area contributed by atoms with Gasteiger partial charge in [-0.05, 0) is 36.8 Å². The van der Waals surface area contributed by atoms with Crippen LogP contribution in [0.2, 0.25) is 5.02 Å². The molecular formula is C13H15ClFNO4S. The SMILES string of the molecule is CC(CNS(=O)(=O)c1cc(F)c(Cl)c(C(=O)O)c1)C1CC1. The van der Waals surface area contributed by atoms with E-state index in [4.69, 9.17) is 16.7 Å². The Labute approximate surface area is 127 Å². The maximum Gasteiger partial charge on any atom is 0.337 e.